The largest absolute Gasteiger partial charge is 0.371 e. The fraction of sp³-hybridized carbons (Fsp3) is 0.385. The van der Waals surface area contributed by atoms with Crippen LogP contribution in [-0.2, 0) is 6.54 Å². The first-order valence-electron chi connectivity index (χ1n) is 5.33. The third-order valence-corrected chi connectivity index (χ3v) is 2.81. The Labute approximate surface area is 86.1 Å². The lowest BCUT2D eigenvalue weighted by molar-refractivity contribution is 0.284. The first-order chi connectivity index (χ1) is 6.86. The van der Waals surface area contributed by atoms with Crippen molar-refractivity contribution in [3.8, 4) is 0 Å². The molecule has 1 aliphatic heterocycles. The maximum absolute atomic E-state index is 4.12. The molecule has 74 valence electrons. The summed E-state index contributed by atoms with van der Waals surface area (Å²) < 4.78 is 0. The van der Waals surface area contributed by atoms with E-state index in [0.717, 1.165) is 6.54 Å². The van der Waals surface area contributed by atoms with Crippen LogP contribution in [0.3, 0.4) is 0 Å². The highest BCUT2D eigenvalue weighted by atomic mass is 15.1. The van der Waals surface area contributed by atoms with Crippen molar-refractivity contribution in [1.82, 2.24) is 4.90 Å². The number of benzene rings is 1. The quantitative estimate of drug-likeness (QED) is 0.687. The van der Waals surface area contributed by atoms with E-state index in [0.29, 0.717) is 0 Å². The van der Waals surface area contributed by atoms with Crippen molar-refractivity contribution in [1.29, 1.82) is 0 Å². The van der Waals surface area contributed by atoms with Crippen LogP contribution >= 0.6 is 0 Å². The summed E-state index contributed by atoms with van der Waals surface area (Å²) in [6.45, 7) is 6.32. The molecule has 1 aromatic carbocycles. The van der Waals surface area contributed by atoms with Crippen LogP contribution in [0.2, 0.25) is 0 Å². The van der Waals surface area contributed by atoms with E-state index < -0.39 is 0 Å². The minimum absolute atomic E-state index is 1.03. The van der Waals surface area contributed by atoms with Crippen molar-refractivity contribution in [3.63, 3.8) is 0 Å². The van der Waals surface area contributed by atoms with Gasteiger partial charge in [-0.2, -0.15) is 0 Å². The molecule has 0 bridgehead atoms. The highest BCUT2D eigenvalue weighted by Gasteiger charge is 2.12. The van der Waals surface area contributed by atoms with Crippen LogP contribution in [-0.4, -0.2) is 11.4 Å². The van der Waals surface area contributed by atoms with Crippen LogP contribution in [0.25, 0.3) is 0 Å². The number of hydrogen-bond acceptors (Lipinski definition) is 1. The molecule has 0 radical (unpaired) electrons. The molecular weight excluding hydrogens is 170 g/mol. The van der Waals surface area contributed by atoms with E-state index in [4.69, 9.17) is 0 Å². The Morgan fingerprint density at radius 3 is 2.64 bits per heavy atom. The van der Waals surface area contributed by atoms with Crippen molar-refractivity contribution in [2.24, 2.45) is 0 Å². The molecule has 0 spiro atoms. The summed E-state index contributed by atoms with van der Waals surface area (Å²) in [6, 6.07) is 10.6. The minimum atomic E-state index is 1.03. The van der Waals surface area contributed by atoms with Crippen molar-refractivity contribution >= 4 is 0 Å². The molecule has 0 N–H and O–H groups in total. The highest BCUT2D eigenvalue weighted by Crippen LogP contribution is 2.20. The van der Waals surface area contributed by atoms with Gasteiger partial charge in [0.2, 0.25) is 0 Å². The third-order valence-electron chi connectivity index (χ3n) is 2.81. The van der Waals surface area contributed by atoms with E-state index in [2.05, 4.69) is 41.8 Å². The van der Waals surface area contributed by atoms with Gasteiger partial charge >= 0.3 is 0 Å². The van der Waals surface area contributed by atoms with Crippen molar-refractivity contribution in [3.05, 3.63) is 48.2 Å². The zero-order valence-electron chi connectivity index (χ0n) is 8.58. The fourth-order valence-electron chi connectivity index (χ4n) is 1.94. The van der Waals surface area contributed by atoms with E-state index in [1.54, 1.807) is 0 Å². The molecule has 1 saturated heterocycles. The van der Waals surface area contributed by atoms with E-state index in [9.17, 15) is 0 Å². The average molecular weight is 187 g/mol. The van der Waals surface area contributed by atoms with E-state index in [1.165, 1.54) is 37.1 Å². The average Bonchev–Trinajstić information content (AvgIpc) is 2.23. The lowest BCUT2D eigenvalue weighted by Gasteiger charge is -2.30. The van der Waals surface area contributed by atoms with Gasteiger partial charge in [0.1, 0.15) is 0 Å². The molecule has 1 aliphatic rings. The molecule has 1 fully saturated rings. The molecule has 1 nitrogen and oxygen atoms in total. The zero-order valence-corrected chi connectivity index (χ0v) is 8.58. The first-order valence-corrected chi connectivity index (χ1v) is 5.33. The molecule has 0 aromatic heterocycles. The highest BCUT2D eigenvalue weighted by molar-refractivity contribution is 5.15. The Morgan fingerprint density at radius 1 is 1.14 bits per heavy atom. The van der Waals surface area contributed by atoms with Crippen LogP contribution in [0.5, 0.6) is 0 Å². The fourth-order valence-corrected chi connectivity index (χ4v) is 1.94. The van der Waals surface area contributed by atoms with E-state index >= 15 is 0 Å². The van der Waals surface area contributed by atoms with Crippen LogP contribution in [0.1, 0.15) is 24.8 Å². The second-order valence-corrected chi connectivity index (χ2v) is 3.93. The minimum Gasteiger partial charge on any atom is -0.371 e. The molecule has 0 aliphatic carbocycles. The van der Waals surface area contributed by atoms with Crippen LogP contribution in [0.15, 0.2) is 42.6 Å². The summed E-state index contributed by atoms with van der Waals surface area (Å²) in [4.78, 5) is 2.40. The summed E-state index contributed by atoms with van der Waals surface area (Å²) in [6.07, 6.45) is 3.79. The Bertz CT molecular complexity index is 302. The van der Waals surface area contributed by atoms with Gasteiger partial charge in [-0.25, -0.2) is 0 Å². The van der Waals surface area contributed by atoms with Gasteiger partial charge in [-0.3, -0.25) is 0 Å². The smallest absolute Gasteiger partial charge is 0.0426 e. The Morgan fingerprint density at radius 2 is 1.93 bits per heavy atom. The second-order valence-electron chi connectivity index (χ2n) is 3.93. The number of nitrogens with zero attached hydrogens (tertiary/aromatic N) is 1. The van der Waals surface area contributed by atoms with Gasteiger partial charge in [-0.05, 0) is 24.8 Å². The van der Waals surface area contributed by atoms with Crippen molar-refractivity contribution < 1.29 is 0 Å². The van der Waals surface area contributed by atoms with Gasteiger partial charge in [0.25, 0.3) is 0 Å². The van der Waals surface area contributed by atoms with Crippen molar-refractivity contribution in [2.45, 2.75) is 25.8 Å². The Hall–Kier alpha value is -1.24. The second kappa shape index (κ2) is 4.32. The summed E-state index contributed by atoms with van der Waals surface area (Å²) in [5.74, 6) is 0. The summed E-state index contributed by atoms with van der Waals surface area (Å²) in [5, 5.41) is 0. The summed E-state index contributed by atoms with van der Waals surface area (Å²) in [7, 11) is 0. The molecule has 0 unspecified atom stereocenters. The van der Waals surface area contributed by atoms with Crippen LogP contribution < -0.4 is 0 Å². The standard InChI is InChI=1S/C13H17N/c1-12-7-5-6-10-14(12)11-13-8-3-2-4-9-13/h2-4,8-9H,1,5-7,10-11H2. The molecule has 0 atom stereocenters. The molecule has 1 heterocycles. The number of rotatable bonds is 2. The predicted molar refractivity (Wildman–Crippen MR) is 59.8 cm³/mol. The molecule has 2 rings (SSSR count). The van der Waals surface area contributed by atoms with Gasteiger partial charge in [-0.15, -0.1) is 0 Å². The van der Waals surface area contributed by atoms with Crippen molar-refractivity contribution in [2.75, 3.05) is 6.54 Å². The lowest BCUT2D eigenvalue weighted by Crippen LogP contribution is -2.26. The van der Waals surface area contributed by atoms with Gasteiger partial charge < -0.3 is 4.90 Å². The van der Waals surface area contributed by atoms with E-state index in [1.807, 2.05) is 0 Å². The maximum atomic E-state index is 4.12. The predicted octanol–water partition coefficient (Wildman–Crippen LogP) is 3.19. The number of piperidine rings is 1. The SMILES string of the molecule is C=C1CCCCN1Cc1ccccc1. The number of likely N-dealkylation sites (tertiary alicyclic amines) is 1. The number of hydrogen-bond donors (Lipinski definition) is 0. The molecule has 1 heteroatoms. The van der Waals surface area contributed by atoms with Crippen LogP contribution in [0, 0.1) is 0 Å². The summed E-state index contributed by atoms with van der Waals surface area (Å²) >= 11 is 0. The van der Waals surface area contributed by atoms with Crippen LogP contribution in [0.4, 0.5) is 0 Å². The normalized spacial score (nSPS) is 17.1. The first kappa shape index (κ1) is 9.32. The Kier molecular flexibility index (Phi) is 2.87. The number of allylic oxidation sites excluding steroid dienone is 1. The maximum Gasteiger partial charge on any atom is 0.0426 e. The molecule has 14 heavy (non-hydrogen) atoms. The van der Waals surface area contributed by atoms with Gasteiger partial charge in [-0.1, -0.05) is 36.9 Å². The topological polar surface area (TPSA) is 3.24 Å². The molecule has 0 saturated carbocycles. The Balaban J connectivity index is 2.00. The summed E-state index contributed by atoms with van der Waals surface area (Å²) in [5.41, 5.74) is 2.69. The molecule has 0 amide bonds. The molecule has 1 aromatic rings. The van der Waals surface area contributed by atoms with Gasteiger partial charge in [0.15, 0.2) is 0 Å². The monoisotopic (exact) mass is 187 g/mol. The molecular formula is C13H17N. The van der Waals surface area contributed by atoms with Gasteiger partial charge in [0, 0.05) is 18.8 Å². The zero-order chi connectivity index (χ0) is 9.80. The van der Waals surface area contributed by atoms with E-state index in [-0.39, 0.29) is 0 Å². The lowest BCUT2D eigenvalue weighted by atomic mass is 10.1. The van der Waals surface area contributed by atoms with Gasteiger partial charge in [0.05, 0.1) is 0 Å². The third kappa shape index (κ3) is 2.16.